The predicted molar refractivity (Wildman–Crippen MR) is 75.5 cm³/mol. The molecule has 1 heterocycles. The third-order valence-corrected chi connectivity index (χ3v) is 2.89. The van der Waals surface area contributed by atoms with Crippen LogP contribution in [0.1, 0.15) is 11.1 Å². The molecule has 19 heavy (non-hydrogen) atoms. The molecule has 100 valence electrons. The van der Waals surface area contributed by atoms with E-state index in [0.717, 1.165) is 17.9 Å². The lowest BCUT2D eigenvalue weighted by molar-refractivity contribution is 0.625. The lowest BCUT2D eigenvalue weighted by Gasteiger charge is -2.19. The van der Waals surface area contributed by atoms with Gasteiger partial charge in [0.05, 0.1) is 0 Å². The van der Waals surface area contributed by atoms with Crippen LogP contribution in [-0.2, 0) is 13.1 Å². The molecule has 0 aliphatic carbocycles. The van der Waals surface area contributed by atoms with Gasteiger partial charge in [0.15, 0.2) is 0 Å². The number of aromatic nitrogens is 1. The molecule has 1 aromatic carbocycles. The molecule has 0 aliphatic heterocycles. The van der Waals surface area contributed by atoms with Crippen molar-refractivity contribution in [3.63, 3.8) is 0 Å². The quantitative estimate of drug-likeness (QED) is 0.894. The van der Waals surface area contributed by atoms with Crippen molar-refractivity contribution in [2.45, 2.75) is 13.1 Å². The van der Waals surface area contributed by atoms with E-state index in [9.17, 15) is 4.39 Å². The Hall–Kier alpha value is -1.94. The summed E-state index contributed by atoms with van der Waals surface area (Å²) in [5.74, 6) is 0.680. The normalized spacial score (nSPS) is 10.5. The number of hydrogen-bond acceptors (Lipinski definition) is 3. The van der Waals surface area contributed by atoms with Crippen LogP contribution >= 0.6 is 0 Å². The molecule has 0 spiro atoms. The Labute approximate surface area is 113 Å². The van der Waals surface area contributed by atoms with Crippen molar-refractivity contribution in [3.8, 4) is 0 Å². The van der Waals surface area contributed by atoms with Crippen LogP contribution in [0.5, 0.6) is 0 Å². The zero-order chi connectivity index (χ0) is 13.7. The standard InChI is InChI=1S/C15H18FN3/c1-17-10-12-6-7-18-15(9-12)19(2)11-13-4-3-5-14(16)8-13/h3-9,17H,10-11H2,1-2H3. The Balaban J connectivity index is 2.11. The average Bonchev–Trinajstić information content (AvgIpc) is 2.39. The second kappa shape index (κ2) is 6.29. The minimum absolute atomic E-state index is 0.206. The summed E-state index contributed by atoms with van der Waals surface area (Å²) in [6.07, 6.45) is 1.80. The molecule has 0 radical (unpaired) electrons. The molecule has 0 bridgehead atoms. The Morgan fingerprint density at radius 1 is 1.21 bits per heavy atom. The highest BCUT2D eigenvalue weighted by Gasteiger charge is 2.05. The number of nitrogens with one attached hydrogen (secondary N) is 1. The van der Waals surface area contributed by atoms with E-state index in [2.05, 4.69) is 10.3 Å². The minimum atomic E-state index is -0.206. The maximum atomic E-state index is 13.1. The SMILES string of the molecule is CNCc1ccnc(N(C)Cc2cccc(F)c2)c1. The maximum absolute atomic E-state index is 13.1. The van der Waals surface area contributed by atoms with Gasteiger partial charge in [0, 0.05) is 26.3 Å². The predicted octanol–water partition coefficient (Wildman–Crippen LogP) is 2.58. The number of nitrogens with zero attached hydrogens (tertiary/aromatic N) is 2. The first-order valence-corrected chi connectivity index (χ1v) is 6.24. The van der Waals surface area contributed by atoms with Crippen LogP contribution in [0.3, 0.4) is 0 Å². The Bertz CT molecular complexity index is 542. The average molecular weight is 259 g/mol. The Morgan fingerprint density at radius 3 is 2.79 bits per heavy atom. The van der Waals surface area contributed by atoms with Crippen LogP contribution in [0.4, 0.5) is 10.2 Å². The second-order valence-corrected chi connectivity index (χ2v) is 4.54. The summed E-state index contributed by atoms with van der Waals surface area (Å²) < 4.78 is 13.1. The molecule has 0 aliphatic rings. The molecule has 0 atom stereocenters. The fraction of sp³-hybridized carbons (Fsp3) is 0.267. The zero-order valence-electron chi connectivity index (χ0n) is 11.2. The van der Waals surface area contributed by atoms with Crippen molar-refractivity contribution in [1.29, 1.82) is 0 Å². The van der Waals surface area contributed by atoms with Gasteiger partial charge in [-0.15, -0.1) is 0 Å². The molecule has 1 aromatic heterocycles. The highest BCUT2D eigenvalue weighted by molar-refractivity contribution is 5.41. The highest BCUT2D eigenvalue weighted by atomic mass is 19.1. The van der Waals surface area contributed by atoms with Gasteiger partial charge in [0.1, 0.15) is 11.6 Å². The first-order valence-electron chi connectivity index (χ1n) is 6.24. The molecule has 4 heteroatoms. The molecular formula is C15H18FN3. The van der Waals surface area contributed by atoms with E-state index in [-0.39, 0.29) is 5.82 Å². The molecule has 1 N–H and O–H groups in total. The number of anilines is 1. The van der Waals surface area contributed by atoms with E-state index < -0.39 is 0 Å². The smallest absolute Gasteiger partial charge is 0.128 e. The van der Waals surface area contributed by atoms with E-state index in [0.29, 0.717) is 6.54 Å². The Morgan fingerprint density at radius 2 is 2.05 bits per heavy atom. The van der Waals surface area contributed by atoms with Gasteiger partial charge in [0.2, 0.25) is 0 Å². The molecule has 0 amide bonds. The second-order valence-electron chi connectivity index (χ2n) is 4.54. The molecular weight excluding hydrogens is 241 g/mol. The van der Waals surface area contributed by atoms with Crippen molar-refractivity contribution in [2.75, 3.05) is 19.0 Å². The first kappa shape index (κ1) is 13.5. The van der Waals surface area contributed by atoms with Gasteiger partial charge < -0.3 is 10.2 Å². The van der Waals surface area contributed by atoms with Crippen molar-refractivity contribution >= 4 is 5.82 Å². The summed E-state index contributed by atoms with van der Waals surface area (Å²) in [5, 5.41) is 3.11. The summed E-state index contributed by atoms with van der Waals surface area (Å²) in [4.78, 5) is 6.35. The van der Waals surface area contributed by atoms with Crippen LogP contribution in [0.15, 0.2) is 42.6 Å². The summed E-state index contributed by atoms with van der Waals surface area (Å²) >= 11 is 0. The van der Waals surface area contributed by atoms with Crippen molar-refractivity contribution in [3.05, 3.63) is 59.5 Å². The third kappa shape index (κ3) is 3.76. The lowest BCUT2D eigenvalue weighted by atomic mass is 10.2. The lowest BCUT2D eigenvalue weighted by Crippen LogP contribution is -2.18. The van der Waals surface area contributed by atoms with Gasteiger partial charge in [-0.3, -0.25) is 0 Å². The molecule has 3 nitrogen and oxygen atoms in total. The molecule has 0 fully saturated rings. The molecule has 0 saturated carbocycles. The maximum Gasteiger partial charge on any atom is 0.128 e. The third-order valence-electron chi connectivity index (χ3n) is 2.89. The summed E-state index contributed by atoms with van der Waals surface area (Å²) in [6.45, 7) is 1.44. The summed E-state index contributed by atoms with van der Waals surface area (Å²) in [6, 6.07) is 10.7. The fourth-order valence-corrected chi connectivity index (χ4v) is 1.97. The van der Waals surface area contributed by atoms with Crippen molar-refractivity contribution in [2.24, 2.45) is 0 Å². The topological polar surface area (TPSA) is 28.2 Å². The van der Waals surface area contributed by atoms with E-state index in [4.69, 9.17) is 0 Å². The van der Waals surface area contributed by atoms with Crippen LogP contribution < -0.4 is 10.2 Å². The van der Waals surface area contributed by atoms with Crippen LogP contribution in [-0.4, -0.2) is 19.1 Å². The number of pyridine rings is 1. The van der Waals surface area contributed by atoms with E-state index in [1.54, 1.807) is 18.3 Å². The summed E-state index contributed by atoms with van der Waals surface area (Å²) in [7, 11) is 3.87. The fourth-order valence-electron chi connectivity index (χ4n) is 1.97. The van der Waals surface area contributed by atoms with Gasteiger partial charge in [-0.2, -0.15) is 0 Å². The van der Waals surface area contributed by atoms with E-state index in [1.165, 1.54) is 11.6 Å². The number of benzene rings is 1. The van der Waals surface area contributed by atoms with Crippen LogP contribution in [0, 0.1) is 5.82 Å². The van der Waals surface area contributed by atoms with E-state index >= 15 is 0 Å². The molecule has 0 saturated heterocycles. The number of halogens is 1. The molecule has 2 rings (SSSR count). The van der Waals surface area contributed by atoms with E-state index in [1.807, 2.05) is 37.2 Å². The molecule has 2 aromatic rings. The van der Waals surface area contributed by atoms with Crippen molar-refractivity contribution < 1.29 is 4.39 Å². The number of hydrogen-bond donors (Lipinski definition) is 1. The zero-order valence-corrected chi connectivity index (χ0v) is 11.2. The largest absolute Gasteiger partial charge is 0.355 e. The highest BCUT2D eigenvalue weighted by Crippen LogP contribution is 2.14. The Kier molecular flexibility index (Phi) is 4.47. The summed E-state index contributed by atoms with van der Waals surface area (Å²) in [5.41, 5.74) is 2.11. The van der Waals surface area contributed by atoms with Gasteiger partial charge in [-0.05, 0) is 42.4 Å². The number of rotatable bonds is 5. The van der Waals surface area contributed by atoms with Crippen molar-refractivity contribution in [1.82, 2.24) is 10.3 Å². The van der Waals surface area contributed by atoms with Crippen LogP contribution in [0.25, 0.3) is 0 Å². The minimum Gasteiger partial charge on any atom is -0.355 e. The monoisotopic (exact) mass is 259 g/mol. The molecule has 0 unspecified atom stereocenters. The first-order chi connectivity index (χ1) is 9.19. The van der Waals surface area contributed by atoms with Crippen LogP contribution in [0.2, 0.25) is 0 Å². The van der Waals surface area contributed by atoms with Gasteiger partial charge in [-0.25, -0.2) is 9.37 Å². The van der Waals surface area contributed by atoms with Gasteiger partial charge >= 0.3 is 0 Å². The van der Waals surface area contributed by atoms with Gasteiger partial charge in [-0.1, -0.05) is 12.1 Å². The van der Waals surface area contributed by atoms with Gasteiger partial charge in [0.25, 0.3) is 0 Å².